The number of rotatable bonds is 4. The lowest BCUT2D eigenvalue weighted by molar-refractivity contribution is 0.0847. The van der Waals surface area contributed by atoms with Crippen LogP contribution < -0.4 is 15.8 Å². The van der Waals surface area contributed by atoms with Crippen LogP contribution in [0.2, 0.25) is 5.02 Å². The number of amides is 2. The van der Waals surface area contributed by atoms with Crippen molar-refractivity contribution in [3.63, 3.8) is 0 Å². The van der Waals surface area contributed by atoms with Gasteiger partial charge in [0.1, 0.15) is 5.82 Å². The molecule has 2 heterocycles. The fourth-order valence-corrected chi connectivity index (χ4v) is 4.57. The summed E-state index contributed by atoms with van der Waals surface area (Å²) < 4.78 is 5.48. The van der Waals surface area contributed by atoms with E-state index in [1.807, 2.05) is 0 Å². The lowest BCUT2D eigenvalue weighted by Crippen LogP contribution is -2.41. The lowest BCUT2D eigenvalue weighted by atomic mass is 10.0. The Morgan fingerprint density at radius 3 is 2.19 bits per heavy atom. The van der Waals surface area contributed by atoms with Crippen molar-refractivity contribution in [1.82, 2.24) is 20.8 Å². The fraction of sp³-hybridized carbons (Fsp3) is 0.222. The van der Waals surface area contributed by atoms with Crippen LogP contribution in [0.5, 0.6) is 0 Å². The van der Waals surface area contributed by atoms with Crippen molar-refractivity contribution < 1.29 is 14.3 Å². The molecule has 1 aliphatic rings. The second-order valence-electron chi connectivity index (χ2n) is 8.79. The van der Waals surface area contributed by atoms with Crippen LogP contribution in [-0.2, 0) is 4.74 Å². The van der Waals surface area contributed by atoms with E-state index in [2.05, 4.69) is 46.7 Å². The second kappa shape index (κ2) is 10.0. The number of fused-ring (bicyclic) bond motifs is 1. The van der Waals surface area contributed by atoms with E-state index in [0.717, 1.165) is 59.9 Å². The molecule has 1 aliphatic heterocycles. The van der Waals surface area contributed by atoms with Gasteiger partial charge in [-0.2, -0.15) is 0 Å². The normalized spacial score (nSPS) is 13.6. The summed E-state index contributed by atoms with van der Waals surface area (Å²) in [5, 5.41) is 0.529. The van der Waals surface area contributed by atoms with Gasteiger partial charge in [-0.3, -0.25) is 20.4 Å². The average molecular weight is 504 g/mol. The predicted molar refractivity (Wildman–Crippen MR) is 140 cm³/mol. The van der Waals surface area contributed by atoms with Gasteiger partial charge in [-0.15, -0.1) is 0 Å². The number of nitrogens with zero attached hydrogens (tertiary/aromatic N) is 2. The molecule has 2 amide bonds. The van der Waals surface area contributed by atoms with Gasteiger partial charge in [-0.05, 0) is 79.6 Å². The highest BCUT2D eigenvalue weighted by molar-refractivity contribution is 6.30. The molecule has 3 aromatic carbocycles. The van der Waals surface area contributed by atoms with E-state index >= 15 is 0 Å². The van der Waals surface area contributed by atoms with Crippen molar-refractivity contribution in [3.05, 3.63) is 81.9 Å². The summed E-state index contributed by atoms with van der Waals surface area (Å²) in [4.78, 5) is 35.4. The van der Waals surface area contributed by atoms with E-state index in [0.29, 0.717) is 16.1 Å². The van der Waals surface area contributed by atoms with Crippen LogP contribution >= 0.6 is 11.6 Å². The molecular formula is C27H26ClN5O3. The minimum absolute atomic E-state index is 0.388. The molecule has 0 bridgehead atoms. The summed E-state index contributed by atoms with van der Waals surface area (Å²) in [7, 11) is 0. The number of H-pyrrole nitrogens is 1. The molecule has 1 saturated heterocycles. The molecule has 1 aromatic heterocycles. The van der Waals surface area contributed by atoms with Crippen molar-refractivity contribution in [3.8, 4) is 11.4 Å². The Morgan fingerprint density at radius 1 is 0.917 bits per heavy atom. The summed E-state index contributed by atoms with van der Waals surface area (Å²) in [6.07, 6.45) is 0. The van der Waals surface area contributed by atoms with Crippen LogP contribution in [0.15, 0.2) is 54.6 Å². The summed E-state index contributed by atoms with van der Waals surface area (Å²) in [5.41, 5.74) is 11.6. The van der Waals surface area contributed by atoms with Gasteiger partial charge in [0.05, 0.1) is 24.2 Å². The van der Waals surface area contributed by atoms with Crippen molar-refractivity contribution >= 4 is 40.1 Å². The molecule has 8 nitrogen and oxygen atoms in total. The first-order valence-corrected chi connectivity index (χ1v) is 12.1. The topological polar surface area (TPSA) is 99.3 Å². The third kappa shape index (κ3) is 4.91. The monoisotopic (exact) mass is 503 g/mol. The van der Waals surface area contributed by atoms with E-state index in [1.54, 1.807) is 42.5 Å². The number of hydrogen-bond acceptors (Lipinski definition) is 5. The standard InChI is InChI=1S/C27H26ClN5O3/c1-16-13-21(33-9-11-36-12-10-33)14-17(2)24(16)25-29-22-8-5-19(15-23(22)30-25)27(35)32-31-26(34)18-3-6-20(28)7-4-18/h3-8,13-15H,9-12H2,1-2H3,(H,29,30)(H,31,34)(H,32,35). The minimum Gasteiger partial charge on any atom is -0.378 e. The van der Waals surface area contributed by atoms with Gasteiger partial charge < -0.3 is 14.6 Å². The van der Waals surface area contributed by atoms with E-state index in [4.69, 9.17) is 21.3 Å². The number of nitrogens with one attached hydrogen (secondary N) is 3. The molecular weight excluding hydrogens is 478 g/mol. The molecule has 0 unspecified atom stereocenters. The zero-order valence-electron chi connectivity index (χ0n) is 20.0. The average Bonchev–Trinajstić information content (AvgIpc) is 3.30. The smallest absolute Gasteiger partial charge is 0.269 e. The molecule has 0 radical (unpaired) electrons. The van der Waals surface area contributed by atoms with Crippen molar-refractivity contribution in [2.75, 3.05) is 31.2 Å². The molecule has 4 aromatic rings. The van der Waals surface area contributed by atoms with Crippen molar-refractivity contribution in [1.29, 1.82) is 0 Å². The SMILES string of the molecule is Cc1cc(N2CCOCC2)cc(C)c1-c1nc2ccc(C(=O)NNC(=O)c3ccc(Cl)cc3)cc2[nH]1. The van der Waals surface area contributed by atoms with Crippen LogP contribution in [0.25, 0.3) is 22.4 Å². The van der Waals surface area contributed by atoms with Gasteiger partial charge in [0.15, 0.2) is 0 Å². The molecule has 9 heteroatoms. The number of aromatic nitrogens is 2. The zero-order valence-corrected chi connectivity index (χ0v) is 20.8. The van der Waals surface area contributed by atoms with Crippen molar-refractivity contribution in [2.24, 2.45) is 0 Å². The van der Waals surface area contributed by atoms with Crippen LogP contribution in [0.4, 0.5) is 5.69 Å². The highest BCUT2D eigenvalue weighted by atomic mass is 35.5. The third-order valence-corrected chi connectivity index (χ3v) is 6.52. The molecule has 5 rings (SSSR count). The zero-order chi connectivity index (χ0) is 25.2. The Hall–Kier alpha value is -3.88. The summed E-state index contributed by atoms with van der Waals surface area (Å²) >= 11 is 5.85. The van der Waals surface area contributed by atoms with Gasteiger partial charge in [0, 0.05) is 40.5 Å². The van der Waals surface area contributed by atoms with Crippen molar-refractivity contribution in [2.45, 2.75) is 13.8 Å². The minimum atomic E-state index is -0.434. The van der Waals surface area contributed by atoms with Crippen LogP contribution in [0.3, 0.4) is 0 Å². The Labute approximate surface area is 213 Å². The fourth-order valence-electron chi connectivity index (χ4n) is 4.45. The quantitative estimate of drug-likeness (QED) is 0.358. The molecule has 184 valence electrons. The van der Waals surface area contributed by atoms with Crippen LogP contribution in [0, 0.1) is 13.8 Å². The first kappa shape index (κ1) is 23.8. The molecule has 3 N–H and O–H groups in total. The Bertz CT molecular complexity index is 1420. The summed E-state index contributed by atoms with van der Waals surface area (Å²) in [6, 6.07) is 16.0. The molecule has 1 fully saturated rings. The Kier molecular flexibility index (Phi) is 6.63. The largest absolute Gasteiger partial charge is 0.378 e. The summed E-state index contributed by atoms with van der Waals surface area (Å²) in [5.74, 6) is -0.115. The Balaban J connectivity index is 1.33. The number of halogens is 1. The third-order valence-electron chi connectivity index (χ3n) is 6.27. The molecule has 0 atom stereocenters. The number of hydrogen-bond donors (Lipinski definition) is 3. The highest BCUT2D eigenvalue weighted by Crippen LogP contribution is 2.31. The van der Waals surface area contributed by atoms with E-state index in [1.165, 1.54) is 5.69 Å². The first-order chi connectivity index (χ1) is 17.4. The first-order valence-electron chi connectivity index (χ1n) is 11.7. The number of anilines is 1. The van der Waals surface area contributed by atoms with Crippen LogP contribution in [-0.4, -0.2) is 48.1 Å². The van der Waals surface area contributed by atoms with E-state index in [-0.39, 0.29) is 0 Å². The van der Waals surface area contributed by atoms with Gasteiger partial charge >= 0.3 is 0 Å². The molecule has 0 saturated carbocycles. The van der Waals surface area contributed by atoms with E-state index in [9.17, 15) is 9.59 Å². The number of carbonyl (C=O) groups excluding carboxylic acids is 2. The Morgan fingerprint density at radius 2 is 1.53 bits per heavy atom. The van der Waals surface area contributed by atoms with Crippen LogP contribution in [0.1, 0.15) is 31.8 Å². The number of benzene rings is 3. The maximum atomic E-state index is 12.7. The number of carbonyl (C=O) groups is 2. The number of aryl methyl sites for hydroxylation is 2. The molecule has 0 aliphatic carbocycles. The number of aromatic amines is 1. The number of hydrazine groups is 1. The maximum Gasteiger partial charge on any atom is 0.269 e. The van der Waals surface area contributed by atoms with Gasteiger partial charge in [0.2, 0.25) is 0 Å². The lowest BCUT2D eigenvalue weighted by Gasteiger charge is -2.29. The van der Waals surface area contributed by atoms with Gasteiger partial charge in [-0.25, -0.2) is 4.98 Å². The maximum absolute atomic E-state index is 12.7. The highest BCUT2D eigenvalue weighted by Gasteiger charge is 2.17. The van der Waals surface area contributed by atoms with Gasteiger partial charge in [-0.1, -0.05) is 11.6 Å². The second-order valence-corrected chi connectivity index (χ2v) is 9.22. The molecule has 0 spiro atoms. The van der Waals surface area contributed by atoms with Gasteiger partial charge in [0.25, 0.3) is 11.8 Å². The predicted octanol–water partition coefficient (Wildman–Crippen LogP) is 4.41. The summed E-state index contributed by atoms with van der Waals surface area (Å²) in [6.45, 7) is 7.42. The number of ether oxygens (including phenoxy) is 1. The van der Waals surface area contributed by atoms with E-state index < -0.39 is 11.8 Å². The number of imidazole rings is 1. The molecule has 36 heavy (non-hydrogen) atoms. The number of morpholine rings is 1.